The zero-order valence-electron chi connectivity index (χ0n) is 10.1. The van der Waals surface area contributed by atoms with Crippen molar-refractivity contribution in [2.24, 2.45) is 5.73 Å². The molecule has 1 aromatic rings. The average Bonchev–Trinajstić information content (AvgIpc) is 2.44. The maximum atomic E-state index is 11.6. The molecule has 4 N–H and O–H groups in total. The largest absolute Gasteiger partial charge is 0.495 e. The number of nitrogens with one attached hydrogen (secondary N) is 2. The van der Waals surface area contributed by atoms with E-state index in [1.807, 2.05) is 0 Å². The Morgan fingerprint density at radius 2 is 2.00 bits per heavy atom. The van der Waals surface area contributed by atoms with Gasteiger partial charge in [0.1, 0.15) is 23.6 Å². The number of ether oxygens (including phenoxy) is 1. The highest BCUT2D eigenvalue weighted by Crippen LogP contribution is 2.22. The number of urea groups is 1. The topological polar surface area (TPSA) is 124 Å². The molecule has 0 bridgehead atoms. The molecule has 0 atom stereocenters. The fourth-order valence-corrected chi connectivity index (χ4v) is 1.23. The van der Waals surface area contributed by atoms with Gasteiger partial charge in [-0.2, -0.15) is 10.5 Å². The summed E-state index contributed by atoms with van der Waals surface area (Å²) in [6.45, 7) is 0. The number of hydrogen-bond acceptors (Lipinski definition) is 5. The quantitative estimate of drug-likeness (QED) is 0.697. The molecule has 19 heavy (non-hydrogen) atoms. The molecule has 0 aromatic heterocycles. The van der Waals surface area contributed by atoms with Gasteiger partial charge in [0.15, 0.2) is 5.70 Å². The molecule has 2 amide bonds. The predicted molar refractivity (Wildman–Crippen MR) is 67.6 cm³/mol. The van der Waals surface area contributed by atoms with E-state index in [9.17, 15) is 4.79 Å². The number of para-hydroxylation sites is 2. The van der Waals surface area contributed by atoms with Crippen LogP contribution in [0.2, 0.25) is 0 Å². The van der Waals surface area contributed by atoms with Gasteiger partial charge in [-0.25, -0.2) is 4.79 Å². The van der Waals surface area contributed by atoms with E-state index in [1.165, 1.54) is 7.11 Å². The minimum Gasteiger partial charge on any atom is -0.495 e. The second-order valence-electron chi connectivity index (χ2n) is 3.29. The van der Waals surface area contributed by atoms with Crippen LogP contribution < -0.4 is 21.1 Å². The maximum Gasteiger partial charge on any atom is 0.324 e. The van der Waals surface area contributed by atoms with Crippen molar-refractivity contribution in [2.75, 3.05) is 12.4 Å². The van der Waals surface area contributed by atoms with E-state index in [0.29, 0.717) is 11.4 Å². The summed E-state index contributed by atoms with van der Waals surface area (Å²) in [5.41, 5.74) is 5.01. The monoisotopic (exact) mass is 257 g/mol. The normalized spacial score (nSPS) is 10.5. The van der Waals surface area contributed by atoms with Crippen LogP contribution in [0.1, 0.15) is 0 Å². The van der Waals surface area contributed by atoms with Crippen LogP contribution in [-0.2, 0) is 0 Å². The first-order valence-corrected chi connectivity index (χ1v) is 5.13. The first-order valence-electron chi connectivity index (χ1n) is 5.13. The molecule has 0 aliphatic heterocycles. The molecule has 0 spiro atoms. The molecule has 0 radical (unpaired) electrons. The zero-order valence-corrected chi connectivity index (χ0v) is 10.1. The summed E-state index contributed by atoms with van der Waals surface area (Å²) in [6, 6.07) is 9.26. The van der Waals surface area contributed by atoms with Crippen molar-refractivity contribution in [3.05, 3.63) is 35.7 Å². The molecule has 0 saturated heterocycles. The van der Waals surface area contributed by atoms with Gasteiger partial charge in [-0.05, 0) is 12.1 Å². The Morgan fingerprint density at radius 1 is 1.32 bits per heavy atom. The molecule has 0 saturated carbocycles. The van der Waals surface area contributed by atoms with Crippen molar-refractivity contribution in [3.8, 4) is 17.9 Å². The lowest BCUT2D eigenvalue weighted by Gasteiger charge is -2.10. The number of carbonyl (C=O) groups is 1. The van der Waals surface area contributed by atoms with Crippen LogP contribution in [0.3, 0.4) is 0 Å². The van der Waals surface area contributed by atoms with Gasteiger partial charge in [-0.1, -0.05) is 12.1 Å². The molecule has 0 heterocycles. The number of rotatable bonds is 3. The van der Waals surface area contributed by atoms with Crippen LogP contribution in [0, 0.1) is 22.7 Å². The van der Waals surface area contributed by atoms with Gasteiger partial charge >= 0.3 is 6.03 Å². The lowest BCUT2D eigenvalue weighted by molar-refractivity contribution is 0.254. The fourth-order valence-electron chi connectivity index (χ4n) is 1.23. The van der Waals surface area contributed by atoms with E-state index in [0.717, 1.165) is 0 Å². The van der Waals surface area contributed by atoms with Crippen molar-refractivity contribution >= 4 is 11.7 Å². The van der Waals surface area contributed by atoms with Crippen molar-refractivity contribution in [3.63, 3.8) is 0 Å². The Balaban J connectivity index is 2.82. The zero-order chi connectivity index (χ0) is 14.3. The standard InChI is InChI=1S/C12H11N5O2/c1-19-11-5-3-2-4-9(11)16-12(18)17-10(7-14)8(15)6-13/h2-5H,15H2,1H3,(H2,16,17,18)/b10-8-. The molecule has 1 rings (SSSR count). The molecule has 7 heteroatoms. The molecule has 0 fully saturated rings. The first kappa shape index (κ1) is 13.9. The van der Waals surface area contributed by atoms with Gasteiger partial charge in [0, 0.05) is 0 Å². The third kappa shape index (κ3) is 3.65. The Kier molecular flexibility index (Phi) is 4.76. The van der Waals surface area contributed by atoms with E-state index in [2.05, 4.69) is 10.6 Å². The highest BCUT2D eigenvalue weighted by molar-refractivity contribution is 5.92. The predicted octanol–water partition coefficient (Wildman–Crippen LogP) is 1.03. The van der Waals surface area contributed by atoms with Crippen molar-refractivity contribution in [2.45, 2.75) is 0 Å². The van der Waals surface area contributed by atoms with E-state index in [-0.39, 0.29) is 11.4 Å². The lowest BCUT2D eigenvalue weighted by atomic mass is 10.3. The van der Waals surface area contributed by atoms with Gasteiger partial charge in [0.2, 0.25) is 0 Å². The van der Waals surface area contributed by atoms with Crippen molar-refractivity contribution < 1.29 is 9.53 Å². The summed E-state index contributed by atoms with van der Waals surface area (Å²) in [5, 5.41) is 21.9. The Labute approximate surface area is 109 Å². The molecule has 1 aromatic carbocycles. The lowest BCUT2D eigenvalue weighted by Crippen LogP contribution is -2.29. The highest BCUT2D eigenvalue weighted by Gasteiger charge is 2.10. The van der Waals surface area contributed by atoms with Crippen LogP contribution in [0.15, 0.2) is 35.7 Å². The molecular weight excluding hydrogens is 246 g/mol. The van der Waals surface area contributed by atoms with Gasteiger partial charge in [-0.15, -0.1) is 0 Å². The number of allylic oxidation sites excluding steroid dienone is 2. The number of amides is 2. The first-order chi connectivity index (χ1) is 9.12. The number of anilines is 1. The summed E-state index contributed by atoms with van der Waals surface area (Å²) in [6.07, 6.45) is 0. The van der Waals surface area contributed by atoms with Gasteiger partial charge in [0.25, 0.3) is 0 Å². The number of methoxy groups -OCH3 is 1. The molecule has 7 nitrogen and oxygen atoms in total. The second kappa shape index (κ2) is 6.52. The van der Waals surface area contributed by atoms with E-state index in [4.69, 9.17) is 21.0 Å². The van der Waals surface area contributed by atoms with Crippen molar-refractivity contribution in [1.29, 1.82) is 10.5 Å². The summed E-state index contributed by atoms with van der Waals surface area (Å²) in [5.74, 6) is 0.466. The Bertz CT molecular complexity index is 595. The summed E-state index contributed by atoms with van der Waals surface area (Å²) < 4.78 is 5.05. The average molecular weight is 257 g/mol. The van der Waals surface area contributed by atoms with Crippen LogP contribution in [0.5, 0.6) is 5.75 Å². The van der Waals surface area contributed by atoms with E-state index >= 15 is 0 Å². The molecular formula is C12H11N5O2. The number of benzene rings is 1. The third-order valence-corrected chi connectivity index (χ3v) is 2.10. The second-order valence-corrected chi connectivity index (χ2v) is 3.29. The van der Waals surface area contributed by atoms with Crippen LogP contribution in [-0.4, -0.2) is 13.1 Å². The van der Waals surface area contributed by atoms with E-state index in [1.54, 1.807) is 36.4 Å². The van der Waals surface area contributed by atoms with Gasteiger partial charge in [-0.3, -0.25) is 5.32 Å². The number of carbonyl (C=O) groups excluding carboxylic acids is 1. The molecule has 0 aliphatic rings. The summed E-state index contributed by atoms with van der Waals surface area (Å²) >= 11 is 0. The minimum atomic E-state index is -0.695. The number of hydrogen-bond donors (Lipinski definition) is 3. The smallest absolute Gasteiger partial charge is 0.324 e. The number of nitrogens with two attached hydrogens (primary N) is 1. The summed E-state index contributed by atoms with van der Waals surface area (Å²) in [4.78, 5) is 11.6. The van der Waals surface area contributed by atoms with Crippen LogP contribution in [0.4, 0.5) is 10.5 Å². The highest BCUT2D eigenvalue weighted by atomic mass is 16.5. The number of nitrogens with zero attached hydrogens (tertiary/aromatic N) is 2. The molecule has 0 unspecified atom stereocenters. The Morgan fingerprint density at radius 3 is 2.58 bits per heavy atom. The van der Waals surface area contributed by atoms with Gasteiger partial charge < -0.3 is 15.8 Å². The van der Waals surface area contributed by atoms with Crippen LogP contribution in [0.25, 0.3) is 0 Å². The van der Waals surface area contributed by atoms with E-state index < -0.39 is 6.03 Å². The SMILES string of the molecule is COc1ccccc1NC(=O)N/C(C#N)=C(\N)C#N. The Hall–Kier alpha value is -3.19. The summed E-state index contributed by atoms with van der Waals surface area (Å²) in [7, 11) is 1.46. The maximum absolute atomic E-state index is 11.6. The minimum absolute atomic E-state index is 0.310. The van der Waals surface area contributed by atoms with Crippen molar-refractivity contribution in [1.82, 2.24) is 5.32 Å². The number of nitriles is 2. The third-order valence-electron chi connectivity index (χ3n) is 2.10. The van der Waals surface area contributed by atoms with Gasteiger partial charge in [0.05, 0.1) is 12.8 Å². The molecule has 0 aliphatic carbocycles. The fraction of sp³-hybridized carbons (Fsp3) is 0.0833. The van der Waals surface area contributed by atoms with Crippen LogP contribution >= 0.6 is 0 Å². The molecule has 96 valence electrons.